The van der Waals surface area contributed by atoms with E-state index >= 15 is 0 Å². The molecule has 0 N–H and O–H groups in total. The van der Waals surface area contributed by atoms with Gasteiger partial charge in [0, 0.05) is 18.0 Å². The molecule has 0 atom stereocenters. The third-order valence-electron chi connectivity index (χ3n) is 5.31. The number of aromatic nitrogens is 3. The van der Waals surface area contributed by atoms with Crippen molar-refractivity contribution >= 4 is 10.9 Å². The molecule has 0 saturated carbocycles. The average molecular weight is 450 g/mol. The first kappa shape index (κ1) is 21.4. The fourth-order valence-electron chi connectivity index (χ4n) is 3.66. The normalized spacial score (nSPS) is 10.7. The molecular weight excluding hydrogens is 426 g/mol. The Morgan fingerprint density at radius 2 is 1.44 bits per heavy atom. The van der Waals surface area contributed by atoms with Crippen molar-refractivity contribution in [2.75, 3.05) is 20.3 Å². The predicted molar refractivity (Wildman–Crippen MR) is 132 cm³/mol. The lowest BCUT2D eigenvalue weighted by molar-refractivity contribution is 0.217. The molecular formula is C28H23N3O3. The molecule has 0 aliphatic heterocycles. The highest BCUT2D eigenvalue weighted by Gasteiger charge is 2.12. The summed E-state index contributed by atoms with van der Waals surface area (Å²) in [6, 6.07) is 27.6. The second kappa shape index (κ2) is 10.0. The molecule has 2 heterocycles. The van der Waals surface area contributed by atoms with Crippen LogP contribution in [-0.4, -0.2) is 35.3 Å². The van der Waals surface area contributed by atoms with Gasteiger partial charge >= 0.3 is 0 Å². The molecule has 0 fully saturated rings. The first-order chi connectivity index (χ1) is 16.8. The fraction of sp³-hybridized carbons (Fsp3) is 0.107. The second-order valence-corrected chi connectivity index (χ2v) is 7.57. The highest BCUT2D eigenvalue weighted by molar-refractivity contribution is 5.89. The van der Waals surface area contributed by atoms with Gasteiger partial charge < -0.3 is 14.2 Å². The topological polar surface area (TPSA) is 66.4 Å². The van der Waals surface area contributed by atoms with Crippen LogP contribution < -0.4 is 14.2 Å². The van der Waals surface area contributed by atoms with E-state index in [1.54, 1.807) is 19.5 Å². The van der Waals surface area contributed by atoms with Gasteiger partial charge in [0.1, 0.15) is 24.7 Å². The van der Waals surface area contributed by atoms with Gasteiger partial charge in [0.05, 0.1) is 18.0 Å². The van der Waals surface area contributed by atoms with E-state index in [2.05, 4.69) is 9.97 Å². The van der Waals surface area contributed by atoms with Gasteiger partial charge in [-0.25, -0.2) is 4.98 Å². The number of hydrogen-bond acceptors (Lipinski definition) is 6. The molecule has 3 aromatic carbocycles. The van der Waals surface area contributed by atoms with Crippen molar-refractivity contribution in [2.45, 2.75) is 0 Å². The van der Waals surface area contributed by atoms with Gasteiger partial charge in [-0.1, -0.05) is 36.4 Å². The van der Waals surface area contributed by atoms with E-state index in [1.807, 2.05) is 84.9 Å². The molecule has 0 aliphatic carbocycles. The SMILES string of the molecule is COc1nc(-c2cccnc2)nc2ccc(-c3cccc(OCCOc4ccccc4)c3)cc12. The number of benzene rings is 3. The Hall–Kier alpha value is -4.45. The molecule has 0 bridgehead atoms. The van der Waals surface area contributed by atoms with Crippen molar-refractivity contribution in [1.82, 2.24) is 15.0 Å². The van der Waals surface area contributed by atoms with Crippen LogP contribution in [0.25, 0.3) is 33.4 Å². The molecule has 0 spiro atoms. The standard InChI is InChI=1S/C28H23N3O3/c1-32-28-25-18-21(12-13-26(25)30-27(31-28)22-8-6-14-29-19-22)20-7-5-11-24(17-20)34-16-15-33-23-9-3-2-4-10-23/h2-14,17-19H,15-16H2,1H3. The van der Waals surface area contributed by atoms with Crippen molar-refractivity contribution in [3.05, 3.63) is 97.3 Å². The summed E-state index contributed by atoms with van der Waals surface area (Å²) in [5.41, 5.74) is 3.70. The maximum Gasteiger partial charge on any atom is 0.224 e. The fourth-order valence-corrected chi connectivity index (χ4v) is 3.66. The van der Waals surface area contributed by atoms with Gasteiger partial charge in [-0.05, 0) is 59.7 Å². The summed E-state index contributed by atoms with van der Waals surface area (Å²) in [7, 11) is 1.62. The molecule has 0 radical (unpaired) electrons. The summed E-state index contributed by atoms with van der Waals surface area (Å²) in [4.78, 5) is 13.5. The van der Waals surface area contributed by atoms with Gasteiger partial charge in [0.25, 0.3) is 0 Å². The zero-order valence-corrected chi connectivity index (χ0v) is 18.7. The number of rotatable bonds is 8. The zero-order valence-electron chi connectivity index (χ0n) is 18.7. The lowest BCUT2D eigenvalue weighted by Crippen LogP contribution is -2.08. The minimum absolute atomic E-state index is 0.453. The van der Waals surface area contributed by atoms with Crippen molar-refractivity contribution < 1.29 is 14.2 Å². The van der Waals surface area contributed by atoms with Gasteiger partial charge in [-0.3, -0.25) is 4.98 Å². The van der Waals surface area contributed by atoms with Crippen LogP contribution in [0.4, 0.5) is 0 Å². The Kier molecular flexibility index (Phi) is 6.29. The summed E-state index contributed by atoms with van der Waals surface area (Å²) >= 11 is 0. The van der Waals surface area contributed by atoms with E-state index in [4.69, 9.17) is 19.2 Å². The molecule has 0 aliphatic rings. The highest BCUT2D eigenvalue weighted by atomic mass is 16.5. The van der Waals surface area contributed by atoms with Crippen molar-refractivity contribution in [3.63, 3.8) is 0 Å². The van der Waals surface area contributed by atoms with E-state index in [0.717, 1.165) is 39.1 Å². The Morgan fingerprint density at radius 3 is 2.24 bits per heavy atom. The molecule has 0 amide bonds. The Balaban J connectivity index is 1.35. The molecule has 2 aromatic heterocycles. The van der Waals surface area contributed by atoms with Crippen LogP contribution in [0, 0.1) is 0 Å². The molecule has 0 saturated heterocycles. The molecule has 168 valence electrons. The summed E-state index contributed by atoms with van der Waals surface area (Å²) in [6.45, 7) is 0.923. The second-order valence-electron chi connectivity index (χ2n) is 7.57. The minimum Gasteiger partial charge on any atom is -0.490 e. The van der Waals surface area contributed by atoms with Crippen LogP contribution in [0.1, 0.15) is 0 Å². The third-order valence-corrected chi connectivity index (χ3v) is 5.31. The van der Waals surface area contributed by atoms with Gasteiger partial charge in [-0.15, -0.1) is 0 Å². The quantitative estimate of drug-likeness (QED) is 0.278. The predicted octanol–water partition coefficient (Wildman–Crippen LogP) is 5.83. The average Bonchev–Trinajstić information content (AvgIpc) is 2.91. The number of pyridine rings is 1. The number of para-hydroxylation sites is 1. The lowest BCUT2D eigenvalue weighted by atomic mass is 10.0. The molecule has 6 heteroatoms. The van der Waals surface area contributed by atoms with E-state index in [0.29, 0.717) is 24.9 Å². The summed E-state index contributed by atoms with van der Waals surface area (Å²) in [5, 5.41) is 0.843. The van der Waals surface area contributed by atoms with E-state index in [9.17, 15) is 0 Å². The maximum atomic E-state index is 5.91. The Morgan fingerprint density at radius 1 is 0.676 bits per heavy atom. The van der Waals surface area contributed by atoms with Gasteiger partial charge in [0.2, 0.25) is 5.88 Å². The van der Waals surface area contributed by atoms with Crippen LogP contribution in [0.2, 0.25) is 0 Å². The smallest absolute Gasteiger partial charge is 0.224 e. The van der Waals surface area contributed by atoms with Gasteiger partial charge in [-0.2, -0.15) is 4.98 Å². The van der Waals surface area contributed by atoms with Crippen LogP contribution >= 0.6 is 0 Å². The van der Waals surface area contributed by atoms with Gasteiger partial charge in [0.15, 0.2) is 5.82 Å². The molecule has 34 heavy (non-hydrogen) atoms. The van der Waals surface area contributed by atoms with Crippen LogP contribution in [0.3, 0.4) is 0 Å². The van der Waals surface area contributed by atoms with E-state index in [-0.39, 0.29) is 0 Å². The number of ether oxygens (including phenoxy) is 3. The summed E-state index contributed by atoms with van der Waals surface area (Å²) in [6.07, 6.45) is 3.47. The lowest BCUT2D eigenvalue weighted by Gasteiger charge is -2.11. The third kappa shape index (κ3) is 4.81. The zero-order chi connectivity index (χ0) is 23.2. The van der Waals surface area contributed by atoms with Crippen LogP contribution in [0.5, 0.6) is 17.4 Å². The Labute approximate surface area is 197 Å². The van der Waals surface area contributed by atoms with Crippen molar-refractivity contribution in [2.24, 2.45) is 0 Å². The highest BCUT2D eigenvalue weighted by Crippen LogP contribution is 2.31. The number of methoxy groups -OCH3 is 1. The van der Waals surface area contributed by atoms with E-state index in [1.165, 1.54) is 0 Å². The number of nitrogens with zero attached hydrogens (tertiary/aromatic N) is 3. The Bertz CT molecular complexity index is 1390. The maximum absolute atomic E-state index is 5.91. The molecule has 0 unspecified atom stereocenters. The first-order valence-corrected chi connectivity index (χ1v) is 11.0. The molecule has 5 rings (SSSR count). The van der Waals surface area contributed by atoms with Crippen molar-refractivity contribution in [3.8, 4) is 39.9 Å². The monoisotopic (exact) mass is 449 g/mol. The van der Waals surface area contributed by atoms with Crippen molar-refractivity contribution in [1.29, 1.82) is 0 Å². The number of hydrogen-bond donors (Lipinski definition) is 0. The molecule has 5 aromatic rings. The van der Waals surface area contributed by atoms with E-state index < -0.39 is 0 Å². The van der Waals surface area contributed by atoms with Crippen LogP contribution in [0.15, 0.2) is 97.3 Å². The molecule has 6 nitrogen and oxygen atoms in total. The minimum atomic E-state index is 0.453. The number of fused-ring (bicyclic) bond motifs is 1. The first-order valence-electron chi connectivity index (χ1n) is 11.0. The largest absolute Gasteiger partial charge is 0.490 e. The summed E-state index contributed by atoms with van der Waals surface area (Å²) < 4.78 is 17.2. The van der Waals surface area contributed by atoms with Crippen LogP contribution in [-0.2, 0) is 0 Å². The summed E-state index contributed by atoms with van der Waals surface area (Å²) in [5.74, 6) is 2.72.